The summed E-state index contributed by atoms with van der Waals surface area (Å²) in [7, 11) is 0. The van der Waals surface area contributed by atoms with Crippen molar-refractivity contribution in [2.45, 2.75) is 19.6 Å². The van der Waals surface area contributed by atoms with E-state index in [1.165, 1.54) is 0 Å². The summed E-state index contributed by atoms with van der Waals surface area (Å²) >= 11 is 5.92. The van der Waals surface area contributed by atoms with E-state index in [1.54, 1.807) is 31.2 Å². The van der Waals surface area contributed by atoms with Crippen molar-refractivity contribution in [2.24, 2.45) is 0 Å². The normalized spacial score (nSPS) is 11.7. The lowest BCUT2D eigenvalue weighted by Crippen LogP contribution is -2.02. The van der Waals surface area contributed by atoms with Crippen LogP contribution in [0.4, 0.5) is 0 Å². The van der Waals surface area contributed by atoms with Crippen LogP contribution in [0.15, 0.2) is 42.5 Å². The number of benzene rings is 2. The lowest BCUT2D eigenvalue weighted by molar-refractivity contribution is 0.190. The summed E-state index contributed by atoms with van der Waals surface area (Å²) in [6.07, 6.45) is -0.671. The van der Waals surface area contributed by atoms with Crippen LogP contribution in [0.2, 0.25) is 5.02 Å². The molecule has 0 saturated heterocycles. The second-order valence-corrected chi connectivity index (χ2v) is 4.85. The molecule has 1 atom stereocenters. The molecule has 0 aliphatic rings. The van der Waals surface area contributed by atoms with Crippen LogP contribution >= 0.6 is 11.6 Å². The van der Waals surface area contributed by atoms with Gasteiger partial charge in [-0.3, -0.25) is 0 Å². The Kier molecular flexibility index (Phi) is 4.62. The average molecular weight is 288 g/mol. The van der Waals surface area contributed by atoms with Crippen molar-refractivity contribution in [3.8, 4) is 11.8 Å². The maximum atomic E-state index is 9.74. The van der Waals surface area contributed by atoms with Crippen LogP contribution < -0.4 is 4.74 Å². The minimum Gasteiger partial charge on any atom is -0.488 e. The van der Waals surface area contributed by atoms with Gasteiger partial charge in [-0.15, -0.1) is 0 Å². The Bertz CT molecular complexity index is 647. The molecular formula is C16H14ClNO2. The maximum Gasteiger partial charge on any atom is 0.125 e. The van der Waals surface area contributed by atoms with Gasteiger partial charge in [-0.05, 0) is 31.2 Å². The fourth-order valence-electron chi connectivity index (χ4n) is 1.89. The molecule has 3 nitrogen and oxygen atoms in total. The first-order valence-corrected chi connectivity index (χ1v) is 6.58. The van der Waals surface area contributed by atoms with Gasteiger partial charge < -0.3 is 9.84 Å². The maximum absolute atomic E-state index is 9.74. The van der Waals surface area contributed by atoms with Crippen LogP contribution in [0.3, 0.4) is 0 Å². The molecule has 0 bridgehead atoms. The van der Waals surface area contributed by atoms with Crippen molar-refractivity contribution in [1.82, 2.24) is 0 Å². The zero-order valence-electron chi connectivity index (χ0n) is 11.0. The zero-order valence-corrected chi connectivity index (χ0v) is 11.8. The largest absolute Gasteiger partial charge is 0.488 e. The SMILES string of the molecule is C[C@@H](O)c1cc(Cl)ccc1OCc1ccccc1C#N. The van der Waals surface area contributed by atoms with Crippen LogP contribution in [-0.4, -0.2) is 5.11 Å². The molecule has 0 aromatic heterocycles. The number of aliphatic hydroxyl groups is 1. The lowest BCUT2D eigenvalue weighted by Gasteiger charge is -2.14. The lowest BCUT2D eigenvalue weighted by atomic mass is 10.1. The van der Waals surface area contributed by atoms with E-state index >= 15 is 0 Å². The number of rotatable bonds is 4. The van der Waals surface area contributed by atoms with E-state index in [4.69, 9.17) is 21.6 Å². The van der Waals surface area contributed by atoms with Gasteiger partial charge in [0.15, 0.2) is 0 Å². The highest BCUT2D eigenvalue weighted by atomic mass is 35.5. The van der Waals surface area contributed by atoms with Crippen LogP contribution in [-0.2, 0) is 6.61 Å². The highest BCUT2D eigenvalue weighted by Gasteiger charge is 2.11. The molecule has 2 aromatic carbocycles. The molecule has 0 amide bonds. The quantitative estimate of drug-likeness (QED) is 0.929. The predicted octanol–water partition coefficient (Wildman–Crippen LogP) is 3.84. The molecule has 1 N–H and O–H groups in total. The van der Waals surface area contributed by atoms with Crippen molar-refractivity contribution >= 4 is 11.6 Å². The Labute approximate surface area is 123 Å². The Morgan fingerprint density at radius 3 is 2.75 bits per heavy atom. The van der Waals surface area contributed by atoms with Crippen molar-refractivity contribution < 1.29 is 9.84 Å². The van der Waals surface area contributed by atoms with E-state index in [0.717, 1.165) is 5.56 Å². The summed E-state index contributed by atoms with van der Waals surface area (Å²) < 4.78 is 5.71. The van der Waals surface area contributed by atoms with Gasteiger partial charge in [-0.25, -0.2) is 0 Å². The van der Waals surface area contributed by atoms with Gasteiger partial charge in [0.05, 0.1) is 17.7 Å². The fourth-order valence-corrected chi connectivity index (χ4v) is 2.07. The third kappa shape index (κ3) is 3.30. The van der Waals surface area contributed by atoms with E-state index in [9.17, 15) is 5.11 Å². The third-order valence-corrected chi connectivity index (χ3v) is 3.18. The minimum atomic E-state index is -0.671. The van der Waals surface area contributed by atoms with Crippen molar-refractivity contribution in [1.29, 1.82) is 5.26 Å². The molecule has 0 unspecified atom stereocenters. The molecule has 0 heterocycles. The van der Waals surface area contributed by atoms with Crippen LogP contribution in [0.5, 0.6) is 5.75 Å². The van der Waals surface area contributed by atoms with Crippen molar-refractivity contribution in [3.63, 3.8) is 0 Å². The molecule has 20 heavy (non-hydrogen) atoms. The van der Waals surface area contributed by atoms with Crippen LogP contribution in [0, 0.1) is 11.3 Å². The first kappa shape index (κ1) is 14.4. The molecule has 0 saturated carbocycles. The van der Waals surface area contributed by atoms with Gasteiger partial charge in [0.2, 0.25) is 0 Å². The van der Waals surface area contributed by atoms with Crippen molar-refractivity contribution in [2.75, 3.05) is 0 Å². The van der Waals surface area contributed by atoms with Gasteiger partial charge in [0, 0.05) is 16.1 Å². The molecule has 2 aromatic rings. The number of nitrogens with zero attached hydrogens (tertiary/aromatic N) is 1. The van der Waals surface area contributed by atoms with Gasteiger partial charge in [0.1, 0.15) is 12.4 Å². The van der Waals surface area contributed by atoms with E-state index in [0.29, 0.717) is 21.9 Å². The van der Waals surface area contributed by atoms with Gasteiger partial charge in [-0.2, -0.15) is 5.26 Å². The average Bonchev–Trinajstić information content (AvgIpc) is 2.46. The van der Waals surface area contributed by atoms with E-state index in [2.05, 4.69) is 6.07 Å². The summed E-state index contributed by atoms with van der Waals surface area (Å²) in [5.74, 6) is 0.567. The second-order valence-electron chi connectivity index (χ2n) is 4.42. The van der Waals surface area contributed by atoms with E-state index in [-0.39, 0.29) is 6.61 Å². The Morgan fingerprint density at radius 1 is 1.30 bits per heavy atom. The molecular weight excluding hydrogens is 274 g/mol. The number of hydrogen-bond acceptors (Lipinski definition) is 3. The molecule has 102 valence electrons. The molecule has 0 spiro atoms. The van der Waals surface area contributed by atoms with Gasteiger partial charge in [0.25, 0.3) is 0 Å². The molecule has 0 aliphatic carbocycles. The van der Waals surface area contributed by atoms with E-state index < -0.39 is 6.10 Å². The summed E-state index contributed by atoms with van der Waals surface area (Å²) in [6.45, 7) is 1.92. The Morgan fingerprint density at radius 2 is 2.05 bits per heavy atom. The molecule has 2 rings (SSSR count). The van der Waals surface area contributed by atoms with Crippen LogP contribution in [0.1, 0.15) is 29.7 Å². The molecule has 0 radical (unpaired) electrons. The standard InChI is InChI=1S/C16H14ClNO2/c1-11(19)15-8-14(17)6-7-16(15)20-10-13-5-3-2-4-12(13)9-18/h2-8,11,19H,10H2,1H3/t11-/m1/s1. The number of halogens is 1. The topological polar surface area (TPSA) is 53.2 Å². The predicted molar refractivity (Wildman–Crippen MR) is 77.6 cm³/mol. The number of nitriles is 1. The number of hydrogen-bond donors (Lipinski definition) is 1. The zero-order chi connectivity index (χ0) is 14.5. The van der Waals surface area contributed by atoms with Crippen molar-refractivity contribution in [3.05, 3.63) is 64.2 Å². The second kappa shape index (κ2) is 6.42. The Hall–Kier alpha value is -2.02. The molecule has 0 aliphatic heterocycles. The summed E-state index contributed by atoms with van der Waals surface area (Å²) in [5.41, 5.74) is 2.02. The van der Waals surface area contributed by atoms with Gasteiger partial charge >= 0.3 is 0 Å². The summed E-state index contributed by atoms with van der Waals surface area (Å²) in [4.78, 5) is 0. The molecule has 0 fully saturated rings. The van der Waals surface area contributed by atoms with E-state index in [1.807, 2.05) is 18.2 Å². The minimum absolute atomic E-state index is 0.269. The Balaban J connectivity index is 2.21. The first-order chi connectivity index (χ1) is 9.61. The summed E-state index contributed by atoms with van der Waals surface area (Å²) in [6, 6.07) is 14.5. The smallest absolute Gasteiger partial charge is 0.125 e. The number of aliphatic hydroxyl groups excluding tert-OH is 1. The van der Waals surface area contributed by atoms with Gasteiger partial charge in [-0.1, -0.05) is 29.8 Å². The van der Waals surface area contributed by atoms with Crippen LogP contribution in [0.25, 0.3) is 0 Å². The molecule has 4 heteroatoms. The summed E-state index contributed by atoms with van der Waals surface area (Å²) in [5, 5.41) is 19.3. The third-order valence-electron chi connectivity index (χ3n) is 2.94. The highest BCUT2D eigenvalue weighted by molar-refractivity contribution is 6.30. The number of ether oxygens (including phenoxy) is 1. The first-order valence-electron chi connectivity index (χ1n) is 6.20. The fraction of sp³-hybridized carbons (Fsp3) is 0.188. The monoisotopic (exact) mass is 287 g/mol. The highest BCUT2D eigenvalue weighted by Crippen LogP contribution is 2.29.